The van der Waals surface area contributed by atoms with Crippen LogP contribution in [-0.2, 0) is 14.8 Å². The second kappa shape index (κ2) is 6.89. The minimum atomic E-state index is -3.78. The van der Waals surface area contributed by atoms with Gasteiger partial charge < -0.3 is 11.1 Å². The third-order valence-corrected chi connectivity index (χ3v) is 3.66. The first kappa shape index (κ1) is 15.2. The summed E-state index contributed by atoms with van der Waals surface area (Å²) >= 11 is 0. The molecule has 0 aliphatic heterocycles. The van der Waals surface area contributed by atoms with Crippen molar-refractivity contribution in [2.75, 3.05) is 20.1 Å². The molecule has 1 aromatic rings. The Hall–Kier alpha value is -1.88. The van der Waals surface area contributed by atoms with E-state index >= 15 is 0 Å². The molecule has 0 radical (unpaired) electrons. The van der Waals surface area contributed by atoms with Gasteiger partial charge in [0.2, 0.25) is 15.9 Å². The summed E-state index contributed by atoms with van der Waals surface area (Å²) in [5.41, 5.74) is 5.61. The van der Waals surface area contributed by atoms with E-state index < -0.39 is 15.9 Å². The second-order valence-corrected chi connectivity index (χ2v) is 5.24. The first-order chi connectivity index (χ1) is 9.01. The lowest BCUT2D eigenvalue weighted by molar-refractivity contribution is -0.119. The molecular weight excluding hydrogens is 266 g/mol. The molecule has 0 aromatic heterocycles. The zero-order chi connectivity index (χ0) is 14.3. The van der Waals surface area contributed by atoms with Crippen molar-refractivity contribution in [2.45, 2.75) is 4.90 Å². The van der Waals surface area contributed by atoms with E-state index in [-0.39, 0.29) is 18.0 Å². The molecule has 0 fully saturated rings. The van der Waals surface area contributed by atoms with Gasteiger partial charge in [0, 0.05) is 12.6 Å². The Morgan fingerprint density at radius 1 is 1.37 bits per heavy atom. The largest absolute Gasteiger partial charge is 0.358 e. The number of hydrogen-bond donors (Lipinski definition) is 3. The van der Waals surface area contributed by atoms with E-state index in [0.717, 1.165) is 0 Å². The molecular formula is C12H15N3O3S. The van der Waals surface area contributed by atoms with Gasteiger partial charge in [0.05, 0.1) is 18.0 Å². The van der Waals surface area contributed by atoms with Gasteiger partial charge in [0.15, 0.2) is 0 Å². The zero-order valence-electron chi connectivity index (χ0n) is 10.4. The van der Waals surface area contributed by atoms with Gasteiger partial charge in [-0.2, -0.15) is 0 Å². The maximum Gasteiger partial charge on any atom is 0.242 e. The lowest BCUT2D eigenvalue weighted by Gasteiger charge is -2.07. The molecule has 7 heteroatoms. The highest BCUT2D eigenvalue weighted by Crippen LogP contribution is 2.13. The van der Waals surface area contributed by atoms with Crippen molar-refractivity contribution in [3.05, 3.63) is 29.8 Å². The predicted octanol–water partition coefficient (Wildman–Crippen LogP) is -0.979. The van der Waals surface area contributed by atoms with E-state index in [4.69, 9.17) is 5.73 Å². The van der Waals surface area contributed by atoms with Crippen molar-refractivity contribution in [3.8, 4) is 11.8 Å². The lowest BCUT2D eigenvalue weighted by Crippen LogP contribution is -2.35. The number of carbonyl (C=O) groups excluding carboxylic acids is 1. The second-order valence-electron chi connectivity index (χ2n) is 3.50. The molecule has 1 aromatic carbocycles. The number of benzene rings is 1. The fourth-order valence-electron chi connectivity index (χ4n) is 1.28. The van der Waals surface area contributed by atoms with Crippen LogP contribution < -0.4 is 15.8 Å². The highest BCUT2D eigenvalue weighted by Gasteiger charge is 2.17. The molecule has 0 atom stereocenters. The van der Waals surface area contributed by atoms with Crippen LogP contribution in [0.3, 0.4) is 0 Å². The van der Waals surface area contributed by atoms with Crippen molar-refractivity contribution in [1.82, 2.24) is 10.0 Å². The summed E-state index contributed by atoms with van der Waals surface area (Å²) in [6.07, 6.45) is 0. The van der Waals surface area contributed by atoms with E-state index in [2.05, 4.69) is 21.9 Å². The van der Waals surface area contributed by atoms with Gasteiger partial charge in [-0.15, -0.1) is 0 Å². The molecule has 0 saturated carbocycles. The molecule has 0 bridgehead atoms. The molecule has 1 rings (SSSR count). The van der Waals surface area contributed by atoms with Crippen LogP contribution in [0.1, 0.15) is 5.56 Å². The molecule has 19 heavy (non-hydrogen) atoms. The number of amides is 1. The number of likely N-dealkylation sites (N-methyl/N-ethyl adjacent to an activating group) is 1. The van der Waals surface area contributed by atoms with Crippen LogP contribution in [0.5, 0.6) is 0 Å². The molecule has 0 spiro atoms. The number of nitrogens with two attached hydrogens (primary N) is 1. The summed E-state index contributed by atoms with van der Waals surface area (Å²) < 4.78 is 26.3. The van der Waals surface area contributed by atoms with Gasteiger partial charge in [0.1, 0.15) is 0 Å². The van der Waals surface area contributed by atoms with Gasteiger partial charge in [-0.25, -0.2) is 13.1 Å². The Kier molecular flexibility index (Phi) is 5.51. The molecule has 6 nitrogen and oxygen atoms in total. The van der Waals surface area contributed by atoms with Gasteiger partial charge in [0.25, 0.3) is 0 Å². The first-order valence-electron chi connectivity index (χ1n) is 5.49. The fourth-order valence-corrected chi connectivity index (χ4v) is 2.42. The predicted molar refractivity (Wildman–Crippen MR) is 71.6 cm³/mol. The van der Waals surface area contributed by atoms with Crippen LogP contribution in [-0.4, -0.2) is 34.5 Å². The van der Waals surface area contributed by atoms with Gasteiger partial charge in [-0.3, -0.25) is 4.79 Å². The Labute approximate surface area is 112 Å². The summed E-state index contributed by atoms with van der Waals surface area (Å²) in [4.78, 5) is 11.1. The van der Waals surface area contributed by atoms with Crippen molar-refractivity contribution in [3.63, 3.8) is 0 Å². The number of hydrogen-bond acceptors (Lipinski definition) is 4. The van der Waals surface area contributed by atoms with E-state index in [9.17, 15) is 13.2 Å². The molecule has 0 aliphatic carbocycles. The van der Waals surface area contributed by atoms with Crippen molar-refractivity contribution in [1.29, 1.82) is 0 Å². The summed E-state index contributed by atoms with van der Waals surface area (Å²) in [7, 11) is -2.35. The van der Waals surface area contributed by atoms with Crippen LogP contribution in [0.15, 0.2) is 29.2 Å². The van der Waals surface area contributed by atoms with Crippen molar-refractivity contribution < 1.29 is 13.2 Å². The van der Waals surface area contributed by atoms with E-state index in [1.165, 1.54) is 13.1 Å². The lowest BCUT2D eigenvalue weighted by atomic mass is 10.2. The highest BCUT2D eigenvalue weighted by molar-refractivity contribution is 7.89. The maximum absolute atomic E-state index is 12.0. The molecule has 102 valence electrons. The van der Waals surface area contributed by atoms with Crippen LogP contribution in [0.25, 0.3) is 0 Å². The smallest absolute Gasteiger partial charge is 0.242 e. The van der Waals surface area contributed by atoms with Gasteiger partial charge in [-0.1, -0.05) is 24.0 Å². The normalized spacial score (nSPS) is 10.4. The Bertz CT molecular complexity index is 615. The standard InChI is InChI=1S/C12H15N3O3S/c1-14-12(16)9-15-19(17,18)11-7-3-2-5-10(11)6-4-8-13/h2-3,5,7,15H,8-9,13H2,1H3,(H,14,16). The third-order valence-electron chi connectivity index (χ3n) is 2.20. The van der Waals surface area contributed by atoms with E-state index in [1.54, 1.807) is 18.2 Å². The van der Waals surface area contributed by atoms with E-state index in [1.807, 2.05) is 0 Å². The number of rotatable bonds is 4. The average molecular weight is 281 g/mol. The fraction of sp³-hybridized carbons (Fsp3) is 0.250. The quantitative estimate of drug-likeness (QED) is 0.617. The molecule has 0 heterocycles. The minimum Gasteiger partial charge on any atom is -0.358 e. The van der Waals surface area contributed by atoms with Crippen LogP contribution in [0.2, 0.25) is 0 Å². The topological polar surface area (TPSA) is 101 Å². The summed E-state index contributed by atoms with van der Waals surface area (Å²) in [6, 6.07) is 6.27. The molecule has 1 amide bonds. The molecule has 0 saturated heterocycles. The maximum atomic E-state index is 12.0. The van der Waals surface area contributed by atoms with Crippen LogP contribution in [0, 0.1) is 11.8 Å². The monoisotopic (exact) mass is 281 g/mol. The van der Waals surface area contributed by atoms with Crippen molar-refractivity contribution in [2.24, 2.45) is 5.73 Å². The van der Waals surface area contributed by atoms with Crippen LogP contribution >= 0.6 is 0 Å². The molecule has 4 N–H and O–H groups in total. The number of sulfonamides is 1. The molecule has 0 aliphatic rings. The Morgan fingerprint density at radius 2 is 2.05 bits per heavy atom. The summed E-state index contributed by atoms with van der Waals surface area (Å²) in [5, 5.41) is 2.33. The zero-order valence-corrected chi connectivity index (χ0v) is 11.3. The Balaban J connectivity index is 3.04. The molecule has 0 unspecified atom stereocenters. The Morgan fingerprint density at radius 3 is 2.68 bits per heavy atom. The van der Waals surface area contributed by atoms with E-state index in [0.29, 0.717) is 5.56 Å². The summed E-state index contributed by atoms with van der Waals surface area (Å²) in [5.74, 6) is 4.86. The minimum absolute atomic E-state index is 0.0276. The third kappa shape index (κ3) is 4.37. The average Bonchev–Trinajstić information content (AvgIpc) is 2.42. The van der Waals surface area contributed by atoms with Crippen LogP contribution in [0.4, 0.5) is 0 Å². The highest BCUT2D eigenvalue weighted by atomic mass is 32.2. The summed E-state index contributed by atoms with van der Waals surface area (Å²) in [6.45, 7) is -0.183. The number of nitrogens with one attached hydrogen (secondary N) is 2. The SMILES string of the molecule is CNC(=O)CNS(=O)(=O)c1ccccc1C#CCN. The van der Waals surface area contributed by atoms with Gasteiger partial charge >= 0.3 is 0 Å². The van der Waals surface area contributed by atoms with Crippen molar-refractivity contribution >= 4 is 15.9 Å². The van der Waals surface area contributed by atoms with Gasteiger partial charge in [-0.05, 0) is 12.1 Å². The number of carbonyl (C=O) groups is 1. The first-order valence-corrected chi connectivity index (χ1v) is 6.98.